The number of carbonyl (C=O) groups excluding carboxylic acids is 1. The Bertz CT molecular complexity index is 1100. The zero-order valence-electron chi connectivity index (χ0n) is 17.5. The monoisotopic (exact) mass is 435 g/mol. The third kappa shape index (κ3) is 4.56. The number of thiophene rings is 1. The Balaban J connectivity index is 1.58. The fraction of sp³-hybridized carbons (Fsp3) is 0.250. The molecule has 2 N–H and O–H groups in total. The van der Waals surface area contributed by atoms with E-state index in [4.69, 9.17) is 0 Å². The van der Waals surface area contributed by atoms with Crippen LogP contribution in [0.2, 0.25) is 0 Å². The Morgan fingerprint density at radius 1 is 1.10 bits per heavy atom. The maximum Gasteiger partial charge on any atom is 0.335 e. The SMILES string of the molecule is Cc1cccc(N2CCN(c3ccc(C(=O)O)cc3NC(=O)c3cccs3)CC2C)c1. The number of aryl methyl sites for hydroxylation is 1. The van der Waals surface area contributed by atoms with Crippen molar-refractivity contribution in [2.45, 2.75) is 19.9 Å². The van der Waals surface area contributed by atoms with E-state index in [-0.39, 0.29) is 17.5 Å². The van der Waals surface area contributed by atoms with Crippen LogP contribution in [0.25, 0.3) is 0 Å². The number of piperazine rings is 1. The molecule has 1 atom stereocenters. The minimum Gasteiger partial charge on any atom is -0.478 e. The largest absolute Gasteiger partial charge is 0.478 e. The van der Waals surface area contributed by atoms with E-state index >= 15 is 0 Å². The van der Waals surface area contributed by atoms with Gasteiger partial charge in [0.05, 0.1) is 21.8 Å². The van der Waals surface area contributed by atoms with Crippen LogP contribution in [-0.2, 0) is 0 Å². The van der Waals surface area contributed by atoms with E-state index in [1.54, 1.807) is 24.3 Å². The van der Waals surface area contributed by atoms with Crippen LogP contribution in [0.5, 0.6) is 0 Å². The number of carbonyl (C=O) groups is 2. The molecule has 2 aromatic carbocycles. The lowest BCUT2D eigenvalue weighted by atomic mass is 10.1. The van der Waals surface area contributed by atoms with Gasteiger partial charge in [0.1, 0.15) is 0 Å². The Kier molecular flexibility index (Phi) is 5.95. The molecule has 0 radical (unpaired) electrons. The third-order valence-corrected chi connectivity index (χ3v) is 6.41. The van der Waals surface area contributed by atoms with Crippen molar-refractivity contribution in [1.29, 1.82) is 0 Å². The smallest absolute Gasteiger partial charge is 0.335 e. The predicted octanol–water partition coefficient (Wildman–Crippen LogP) is 4.72. The van der Waals surface area contributed by atoms with Gasteiger partial charge in [-0.3, -0.25) is 4.79 Å². The van der Waals surface area contributed by atoms with Gasteiger partial charge in [-0.15, -0.1) is 11.3 Å². The number of rotatable bonds is 5. The summed E-state index contributed by atoms with van der Waals surface area (Å²) >= 11 is 1.35. The fourth-order valence-corrected chi connectivity index (χ4v) is 4.62. The van der Waals surface area contributed by atoms with Gasteiger partial charge in [-0.1, -0.05) is 18.2 Å². The van der Waals surface area contributed by atoms with E-state index in [1.165, 1.54) is 22.6 Å². The summed E-state index contributed by atoms with van der Waals surface area (Å²) in [5.74, 6) is -1.25. The Hall–Kier alpha value is -3.32. The van der Waals surface area contributed by atoms with Gasteiger partial charge in [0, 0.05) is 31.4 Å². The van der Waals surface area contributed by atoms with Crippen molar-refractivity contribution in [3.05, 3.63) is 76.0 Å². The van der Waals surface area contributed by atoms with Gasteiger partial charge in [0.15, 0.2) is 0 Å². The quantitative estimate of drug-likeness (QED) is 0.607. The molecule has 160 valence electrons. The topological polar surface area (TPSA) is 72.9 Å². The van der Waals surface area contributed by atoms with Crippen molar-refractivity contribution < 1.29 is 14.7 Å². The molecule has 0 bridgehead atoms. The number of hydrogen-bond donors (Lipinski definition) is 2. The van der Waals surface area contributed by atoms with E-state index in [0.717, 1.165) is 25.3 Å². The van der Waals surface area contributed by atoms with Gasteiger partial charge in [-0.2, -0.15) is 0 Å². The second-order valence-electron chi connectivity index (χ2n) is 7.80. The van der Waals surface area contributed by atoms with Crippen LogP contribution >= 0.6 is 11.3 Å². The average molecular weight is 436 g/mol. The van der Waals surface area contributed by atoms with Crippen molar-refractivity contribution in [1.82, 2.24) is 0 Å². The molecule has 0 saturated carbocycles. The highest BCUT2D eigenvalue weighted by atomic mass is 32.1. The number of nitrogens with one attached hydrogen (secondary N) is 1. The van der Waals surface area contributed by atoms with E-state index in [0.29, 0.717) is 10.6 Å². The lowest BCUT2D eigenvalue weighted by Gasteiger charge is -2.43. The first kappa shape index (κ1) is 20.9. The highest BCUT2D eigenvalue weighted by Gasteiger charge is 2.26. The minimum atomic E-state index is -1.02. The molecule has 1 fully saturated rings. The van der Waals surface area contributed by atoms with Crippen molar-refractivity contribution in [2.24, 2.45) is 0 Å². The van der Waals surface area contributed by atoms with Crippen LogP contribution in [0, 0.1) is 6.92 Å². The Labute approximate surface area is 185 Å². The van der Waals surface area contributed by atoms with Crippen LogP contribution in [0.4, 0.5) is 17.1 Å². The molecule has 1 unspecified atom stereocenters. The molecule has 1 aromatic heterocycles. The summed E-state index contributed by atoms with van der Waals surface area (Å²) in [7, 11) is 0. The second-order valence-corrected chi connectivity index (χ2v) is 8.74. The van der Waals surface area contributed by atoms with Gasteiger partial charge in [-0.05, 0) is 61.2 Å². The molecular weight excluding hydrogens is 410 g/mol. The first-order valence-electron chi connectivity index (χ1n) is 10.2. The summed E-state index contributed by atoms with van der Waals surface area (Å²) in [5.41, 5.74) is 3.95. The molecule has 31 heavy (non-hydrogen) atoms. The van der Waals surface area contributed by atoms with E-state index in [1.807, 2.05) is 11.4 Å². The van der Waals surface area contributed by atoms with Gasteiger partial charge in [-0.25, -0.2) is 4.79 Å². The predicted molar refractivity (Wildman–Crippen MR) is 126 cm³/mol. The molecule has 0 aliphatic carbocycles. The number of nitrogens with zero attached hydrogens (tertiary/aromatic N) is 2. The maximum atomic E-state index is 12.6. The fourth-order valence-electron chi connectivity index (χ4n) is 4.00. The molecule has 1 amide bonds. The van der Waals surface area contributed by atoms with Gasteiger partial charge in [0.25, 0.3) is 5.91 Å². The van der Waals surface area contributed by atoms with Crippen LogP contribution in [0.15, 0.2) is 60.0 Å². The molecule has 1 aliphatic heterocycles. The van der Waals surface area contributed by atoms with Crippen LogP contribution in [0.1, 0.15) is 32.5 Å². The van der Waals surface area contributed by atoms with Crippen LogP contribution < -0.4 is 15.1 Å². The van der Waals surface area contributed by atoms with Gasteiger partial charge >= 0.3 is 5.97 Å². The van der Waals surface area contributed by atoms with E-state index < -0.39 is 5.97 Å². The summed E-state index contributed by atoms with van der Waals surface area (Å²) < 4.78 is 0. The first-order chi connectivity index (χ1) is 14.9. The normalized spacial score (nSPS) is 16.3. The lowest BCUT2D eigenvalue weighted by molar-refractivity contribution is 0.0696. The van der Waals surface area contributed by atoms with Gasteiger partial charge < -0.3 is 20.2 Å². The molecule has 3 aromatic rings. The molecular formula is C24H25N3O3S. The standard InChI is InChI=1S/C24H25N3O3S/c1-16-5-3-6-19(13-16)27-11-10-26(15-17(27)2)21-9-8-18(24(29)30)14-20(21)25-23(28)22-7-4-12-31-22/h3-9,12-14,17H,10-11,15H2,1-2H3,(H,25,28)(H,29,30). The second kappa shape index (κ2) is 8.81. The highest BCUT2D eigenvalue weighted by molar-refractivity contribution is 7.12. The zero-order chi connectivity index (χ0) is 22.0. The minimum absolute atomic E-state index is 0.150. The summed E-state index contributed by atoms with van der Waals surface area (Å²) in [4.78, 5) is 29.3. The Morgan fingerprint density at radius 3 is 2.61 bits per heavy atom. The van der Waals surface area contributed by atoms with Crippen molar-refractivity contribution in [2.75, 3.05) is 34.8 Å². The molecule has 4 rings (SSSR count). The summed E-state index contributed by atoms with van der Waals surface area (Å²) in [5, 5.41) is 14.2. The molecule has 1 aliphatic rings. The van der Waals surface area contributed by atoms with Crippen LogP contribution in [-0.4, -0.2) is 42.7 Å². The molecule has 2 heterocycles. The number of aromatic carboxylic acids is 1. The van der Waals surface area contributed by atoms with Crippen molar-refractivity contribution in [3.63, 3.8) is 0 Å². The lowest BCUT2D eigenvalue weighted by Crippen LogP contribution is -2.52. The van der Waals surface area contributed by atoms with Gasteiger partial charge in [0.2, 0.25) is 0 Å². The Morgan fingerprint density at radius 2 is 1.94 bits per heavy atom. The number of carboxylic acids is 1. The molecule has 7 heteroatoms. The first-order valence-corrected chi connectivity index (χ1v) is 11.1. The summed E-state index contributed by atoms with van der Waals surface area (Å²) in [6, 6.07) is 17.3. The van der Waals surface area contributed by atoms with E-state index in [2.05, 4.69) is 53.2 Å². The van der Waals surface area contributed by atoms with Crippen molar-refractivity contribution in [3.8, 4) is 0 Å². The number of anilines is 3. The van der Waals surface area contributed by atoms with E-state index in [9.17, 15) is 14.7 Å². The maximum absolute atomic E-state index is 12.6. The number of amides is 1. The molecule has 6 nitrogen and oxygen atoms in total. The average Bonchev–Trinajstić information content (AvgIpc) is 3.28. The summed E-state index contributed by atoms with van der Waals surface area (Å²) in [6.07, 6.45) is 0. The third-order valence-electron chi connectivity index (χ3n) is 5.54. The zero-order valence-corrected chi connectivity index (χ0v) is 18.4. The number of hydrogen-bond acceptors (Lipinski definition) is 5. The summed E-state index contributed by atoms with van der Waals surface area (Å²) in [6.45, 7) is 6.65. The molecule has 1 saturated heterocycles. The molecule has 0 spiro atoms. The number of carboxylic acid groups (broad SMARTS) is 1. The van der Waals surface area contributed by atoms with Crippen LogP contribution in [0.3, 0.4) is 0 Å². The number of benzene rings is 2. The highest BCUT2D eigenvalue weighted by Crippen LogP contribution is 2.31. The van der Waals surface area contributed by atoms with Crippen molar-refractivity contribution >= 4 is 40.3 Å².